The van der Waals surface area contributed by atoms with Crippen molar-refractivity contribution < 1.29 is 0 Å². The van der Waals surface area contributed by atoms with E-state index < -0.39 is 0 Å². The van der Waals surface area contributed by atoms with Crippen LogP contribution in [0.1, 0.15) is 28.4 Å². The third-order valence-corrected chi connectivity index (χ3v) is 5.12. The van der Waals surface area contributed by atoms with Crippen molar-refractivity contribution in [2.24, 2.45) is 0 Å². The number of nitrogens with zero attached hydrogens (tertiary/aromatic N) is 1. The Morgan fingerprint density at radius 3 is 3.06 bits per heavy atom. The molecule has 0 spiro atoms. The second kappa shape index (κ2) is 5.45. The van der Waals surface area contributed by atoms with Gasteiger partial charge in [-0.15, -0.1) is 11.8 Å². The third kappa shape index (κ3) is 2.62. The Balaban J connectivity index is 1.69. The van der Waals surface area contributed by atoms with Gasteiger partial charge in [0.1, 0.15) is 0 Å². The first-order valence-corrected chi connectivity index (χ1v) is 7.96. The van der Waals surface area contributed by atoms with Crippen LogP contribution in [0.4, 0.5) is 0 Å². The molecule has 3 rings (SSSR count). The average Bonchev–Trinajstić information content (AvgIpc) is 2.80. The zero-order valence-electron chi connectivity index (χ0n) is 9.97. The molecule has 1 atom stereocenters. The minimum Gasteiger partial charge on any atom is -0.263 e. The van der Waals surface area contributed by atoms with Crippen molar-refractivity contribution in [3.05, 3.63) is 63.9 Å². The highest BCUT2D eigenvalue weighted by atomic mass is 79.9. The highest BCUT2D eigenvalue weighted by Gasteiger charge is 2.21. The molecule has 1 heterocycles. The van der Waals surface area contributed by atoms with Crippen LogP contribution in [-0.2, 0) is 12.2 Å². The van der Waals surface area contributed by atoms with Gasteiger partial charge in [0.25, 0.3) is 0 Å². The van der Waals surface area contributed by atoms with Crippen LogP contribution in [0.5, 0.6) is 0 Å². The van der Waals surface area contributed by atoms with E-state index in [9.17, 15) is 0 Å². The molecular weight excluding hydrogens is 306 g/mol. The number of aromatic nitrogens is 1. The van der Waals surface area contributed by atoms with E-state index in [4.69, 9.17) is 0 Å². The van der Waals surface area contributed by atoms with Gasteiger partial charge in [-0.05, 0) is 51.5 Å². The van der Waals surface area contributed by atoms with Gasteiger partial charge in [-0.1, -0.05) is 24.3 Å². The topological polar surface area (TPSA) is 12.9 Å². The summed E-state index contributed by atoms with van der Waals surface area (Å²) in [5.41, 5.74) is 4.35. The summed E-state index contributed by atoms with van der Waals surface area (Å²) in [6.45, 7) is 0. The van der Waals surface area contributed by atoms with Crippen molar-refractivity contribution in [2.75, 3.05) is 0 Å². The monoisotopic (exact) mass is 319 g/mol. The molecule has 0 saturated carbocycles. The van der Waals surface area contributed by atoms with E-state index in [0.717, 1.165) is 10.2 Å². The summed E-state index contributed by atoms with van der Waals surface area (Å²) in [5, 5.41) is 0.653. The maximum absolute atomic E-state index is 4.21. The second-order valence-corrected chi connectivity index (χ2v) is 6.66. The van der Waals surface area contributed by atoms with E-state index in [1.807, 2.05) is 24.2 Å². The average molecular weight is 320 g/mol. The smallest absolute Gasteiger partial charge is 0.0410 e. The lowest BCUT2D eigenvalue weighted by molar-refractivity contribution is 0.890. The summed E-state index contributed by atoms with van der Waals surface area (Å²) in [5.74, 6) is 1.03. The lowest BCUT2D eigenvalue weighted by Crippen LogP contribution is -1.90. The standard InChI is InChI=1S/C15H14BrNS/c16-13-7-11(8-17-9-13)10-18-15-6-5-12-3-1-2-4-14(12)15/h1-4,7-9,15H,5-6,10H2. The fourth-order valence-corrected chi connectivity index (χ4v) is 4.08. The Kier molecular flexibility index (Phi) is 3.71. The molecule has 3 heteroatoms. The number of hydrogen-bond acceptors (Lipinski definition) is 2. The summed E-state index contributed by atoms with van der Waals surface area (Å²) in [6, 6.07) is 11.0. The minimum absolute atomic E-state index is 0.653. The molecule has 0 bridgehead atoms. The molecule has 92 valence electrons. The van der Waals surface area contributed by atoms with E-state index in [0.29, 0.717) is 5.25 Å². The first-order valence-electron chi connectivity index (χ1n) is 6.12. The number of aryl methyl sites for hydroxylation is 1. The molecule has 0 radical (unpaired) electrons. The van der Waals surface area contributed by atoms with Crippen molar-refractivity contribution >= 4 is 27.7 Å². The number of fused-ring (bicyclic) bond motifs is 1. The van der Waals surface area contributed by atoms with Gasteiger partial charge in [0.05, 0.1) is 0 Å². The van der Waals surface area contributed by atoms with Crippen LogP contribution in [-0.4, -0.2) is 4.98 Å². The molecule has 0 amide bonds. The van der Waals surface area contributed by atoms with Gasteiger partial charge in [0.15, 0.2) is 0 Å². The lowest BCUT2D eigenvalue weighted by atomic mass is 10.1. The molecule has 1 aromatic carbocycles. The first kappa shape index (κ1) is 12.2. The maximum Gasteiger partial charge on any atom is 0.0410 e. The van der Waals surface area contributed by atoms with E-state index in [1.54, 1.807) is 0 Å². The lowest BCUT2D eigenvalue weighted by Gasteiger charge is -2.11. The van der Waals surface area contributed by atoms with Crippen LogP contribution in [0.15, 0.2) is 47.2 Å². The summed E-state index contributed by atoms with van der Waals surface area (Å²) < 4.78 is 1.06. The van der Waals surface area contributed by atoms with Gasteiger partial charge >= 0.3 is 0 Å². The zero-order chi connectivity index (χ0) is 12.4. The number of pyridine rings is 1. The Bertz CT molecular complexity index is 556. The molecule has 1 aliphatic rings. The molecule has 18 heavy (non-hydrogen) atoms. The summed E-state index contributed by atoms with van der Waals surface area (Å²) in [7, 11) is 0. The van der Waals surface area contributed by atoms with Crippen molar-refractivity contribution in [2.45, 2.75) is 23.8 Å². The van der Waals surface area contributed by atoms with Crippen LogP contribution in [0, 0.1) is 0 Å². The van der Waals surface area contributed by atoms with Crippen molar-refractivity contribution in [3.8, 4) is 0 Å². The molecule has 0 N–H and O–H groups in total. The van der Waals surface area contributed by atoms with E-state index in [-0.39, 0.29) is 0 Å². The first-order chi connectivity index (χ1) is 8.83. The van der Waals surface area contributed by atoms with Gasteiger partial charge in [-0.25, -0.2) is 0 Å². The molecule has 2 aromatic rings. The van der Waals surface area contributed by atoms with Gasteiger partial charge in [0, 0.05) is 27.9 Å². The number of halogens is 1. The number of thioether (sulfide) groups is 1. The Labute approximate surface area is 120 Å². The summed E-state index contributed by atoms with van der Waals surface area (Å²) in [4.78, 5) is 4.21. The van der Waals surface area contributed by atoms with E-state index in [1.165, 1.54) is 29.5 Å². The van der Waals surface area contributed by atoms with Crippen molar-refractivity contribution in [1.29, 1.82) is 0 Å². The fourth-order valence-electron chi connectivity index (χ4n) is 2.42. The quantitative estimate of drug-likeness (QED) is 0.808. The Hall–Kier alpha value is -0.800. The SMILES string of the molecule is Brc1cncc(CSC2CCc3ccccc32)c1. The van der Waals surface area contributed by atoms with Gasteiger partial charge in [-0.2, -0.15) is 0 Å². The molecule has 0 aliphatic heterocycles. The van der Waals surface area contributed by atoms with Crippen LogP contribution < -0.4 is 0 Å². The maximum atomic E-state index is 4.21. The van der Waals surface area contributed by atoms with Crippen molar-refractivity contribution in [1.82, 2.24) is 4.98 Å². The highest BCUT2D eigenvalue weighted by Crippen LogP contribution is 2.42. The van der Waals surface area contributed by atoms with Gasteiger partial charge < -0.3 is 0 Å². The van der Waals surface area contributed by atoms with Crippen LogP contribution in [0.2, 0.25) is 0 Å². The molecule has 1 nitrogen and oxygen atoms in total. The molecule has 1 aliphatic carbocycles. The van der Waals surface area contributed by atoms with Gasteiger partial charge in [-0.3, -0.25) is 4.98 Å². The molecular formula is C15H14BrNS. The molecule has 0 fully saturated rings. The van der Waals surface area contributed by atoms with Crippen LogP contribution in [0.25, 0.3) is 0 Å². The second-order valence-electron chi connectivity index (χ2n) is 4.55. The molecule has 1 aromatic heterocycles. The number of rotatable bonds is 3. The number of hydrogen-bond donors (Lipinski definition) is 0. The Morgan fingerprint density at radius 1 is 1.28 bits per heavy atom. The third-order valence-electron chi connectivity index (χ3n) is 3.29. The predicted octanol–water partition coefficient (Wildman–Crippen LogP) is 4.76. The number of benzene rings is 1. The highest BCUT2D eigenvalue weighted by molar-refractivity contribution is 9.10. The van der Waals surface area contributed by atoms with Gasteiger partial charge in [0.2, 0.25) is 0 Å². The van der Waals surface area contributed by atoms with Crippen LogP contribution >= 0.6 is 27.7 Å². The normalized spacial score (nSPS) is 17.7. The van der Waals surface area contributed by atoms with Crippen LogP contribution in [0.3, 0.4) is 0 Å². The minimum atomic E-state index is 0.653. The fraction of sp³-hybridized carbons (Fsp3) is 0.267. The summed E-state index contributed by atoms with van der Waals surface area (Å²) >= 11 is 5.50. The molecule has 0 saturated heterocycles. The summed E-state index contributed by atoms with van der Waals surface area (Å²) in [6.07, 6.45) is 6.29. The molecule has 1 unspecified atom stereocenters. The predicted molar refractivity (Wildman–Crippen MR) is 80.7 cm³/mol. The van der Waals surface area contributed by atoms with E-state index in [2.05, 4.69) is 51.2 Å². The zero-order valence-corrected chi connectivity index (χ0v) is 12.4. The van der Waals surface area contributed by atoms with E-state index >= 15 is 0 Å². The largest absolute Gasteiger partial charge is 0.263 e. The van der Waals surface area contributed by atoms with Crippen molar-refractivity contribution in [3.63, 3.8) is 0 Å². The Morgan fingerprint density at radius 2 is 2.17 bits per heavy atom.